The molecule has 7 nitrogen and oxygen atoms in total. The number of rotatable bonds is 7. The molecule has 0 unspecified atom stereocenters. The number of carbonyl (C=O) groups is 2. The van der Waals surface area contributed by atoms with Gasteiger partial charge in [0.15, 0.2) is 14.2 Å². The minimum absolute atomic E-state index is 0.0284. The number of hydrogen-bond donors (Lipinski definition) is 1. The van der Waals surface area contributed by atoms with Crippen molar-refractivity contribution in [3.05, 3.63) is 12.2 Å². The summed E-state index contributed by atoms with van der Waals surface area (Å²) in [6, 6.07) is 0. The molecule has 132 valence electrons. The number of nitrogens with two attached hydrogens (primary N) is 1. The van der Waals surface area contributed by atoms with Crippen LogP contribution in [0.3, 0.4) is 0 Å². The third-order valence-corrected chi connectivity index (χ3v) is 8.13. The van der Waals surface area contributed by atoms with Crippen molar-refractivity contribution in [1.29, 1.82) is 0 Å². The maximum atomic E-state index is 11.4. The molecule has 0 rings (SSSR count). The zero-order valence-corrected chi connectivity index (χ0v) is 16.0. The van der Waals surface area contributed by atoms with Crippen molar-refractivity contribution in [1.82, 2.24) is 0 Å². The van der Waals surface area contributed by atoms with Gasteiger partial charge in [-0.05, 0) is 32.0 Å². The molecule has 0 heterocycles. The summed E-state index contributed by atoms with van der Waals surface area (Å²) in [4.78, 5) is 27.1. The van der Waals surface area contributed by atoms with Crippen LogP contribution in [0.25, 0.3) is 0 Å². The van der Waals surface area contributed by atoms with Crippen molar-refractivity contribution >= 4 is 26.1 Å². The second-order valence-corrected chi connectivity index (χ2v) is 11.3. The molecule has 0 aromatic heterocycles. The summed E-state index contributed by atoms with van der Waals surface area (Å²) in [6.45, 7) is 14.2. The van der Waals surface area contributed by atoms with E-state index in [1.54, 1.807) is 13.8 Å². The third-order valence-electron chi connectivity index (χ3n) is 3.58. The molecule has 2 N–H and O–H groups in total. The van der Waals surface area contributed by atoms with E-state index >= 15 is 0 Å². The fraction of sp³-hybridized carbons (Fsp3) is 0.667. The van der Waals surface area contributed by atoms with E-state index in [-0.39, 0.29) is 17.5 Å². The Kier molecular flexibility index (Phi) is 8.19. The zero-order chi connectivity index (χ0) is 18.3. The van der Waals surface area contributed by atoms with Crippen LogP contribution in [0.2, 0.25) is 18.1 Å². The van der Waals surface area contributed by atoms with Gasteiger partial charge >= 0.3 is 11.9 Å². The third kappa shape index (κ3) is 7.94. The Morgan fingerprint density at radius 3 is 2.22 bits per heavy atom. The van der Waals surface area contributed by atoms with E-state index in [4.69, 9.17) is 10.2 Å². The molecule has 0 saturated heterocycles. The summed E-state index contributed by atoms with van der Waals surface area (Å²) >= 11 is 0. The first kappa shape index (κ1) is 21.3. The van der Waals surface area contributed by atoms with Gasteiger partial charge in [0.25, 0.3) is 0 Å². The van der Waals surface area contributed by atoms with Gasteiger partial charge in [0, 0.05) is 12.2 Å². The van der Waals surface area contributed by atoms with E-state index in [2.05, 4.69) is 48.6 Å². The predicted octanol–water partition coefficient (Wildman–Crippen LogP) is 2.33. The molecule has 0 aromatic rings. The van der Waals surface area contributed by atoms with Crippen molar-refractivity contribution in [3.8, 4) is 0 Å². The van der Waals surface area contributed by atoms with Gasteiger partial charge in [-0.2, -0.15) is 0 Å². The molecular formula is C15H28N2O5Si. The van der Waals surface area contributed by atoms with E-state index in [1.807, 2.05) is 0 Å². The number of carbonyl (C=O) groups excluding carboxylic acids is 2. The minimum Gasteiger partial charge on any atom is -0.463 e. The Labute approximate surface area is 139 Å². The molecule has 1 atom stereocenters. The summed E-state index contributed by atoms with van der Waals surface area (Å²) in [5.41, 5.74) is 5.77. The molecule has 0 radical (unpaired) electrons. The average Bonchev–Trinajstić information content (AvgIpc) is 2.41. The smallest absolute Gasteiger partial charge is 0.358 e. The first-order valence-corrected chi connectivity index (χ1v) is 10.4. The van der Waals surface area contributed by atoms with Crippen LogP contribution in [0.4, 0.5) is 0 Å². The number of nitrogens with zero attached hydrogens (tertiary/aromatic N) is 1. The molecule has 0 amide bonds. The molecule has 0 bridgehead atoms. The van der Waals surface area contributed by atoms with Crippen LogP contribution in [-0.2, 0) is 23.6 Å². The summed E-state index contributed by atoms with van der Waals surface area (Å²) < 4.78 is 10.7. The Morgan fingerprint density at radius 1 is 1.22 bits per heavy atom. The molecule has 23 heavy (non-hydrogen) atoms. The molecule has 0 aromatic carbocycles. The lowest BCUT2D eigenvalue weighted by molar-refractivity contribution is -0.140. The maximum Gasteiger partial charge on any atom is 0.358 e. The Hall–Kier alpha value is -1.67. The highest BCUT2D eigenvalue weighted by atomic mass is 28.4. The molecule has 0 fully saturated rings. The van der Waals surface area contributed by atoms with Crippen LogP contribution in [0.15, 0.2) is 17.3 Å². The van der Waals surface area contributed by atoms with E-state index < -0.39 is 26.4 Å². The monoisotopic (exact) mass is 344 g/mol. The number of ether oxygens (including phenoxy) is 1. The summed E-state index contributed by atoms with van der Waals surface area (Å²) in [5, 5.41) is 3.58. The quantitative estimate of drug-likeness (QED) is 0.145. The van der Waals surface area contributed by atoms with Crippen LogP contribution >= 0.6 is 0 Å². The number of amidine groups is 1. The van der Waals surface area contributed by atoms with Gasteiger partial charge in [-0.25, -0.2) is 9.59 Å². The van der Waals surface area contributed by atoms with Gasteiger partial charge in [-0.1, -0.05) is 25.9 Å². The highest BCUT2D eigenvalue weighted by Gasteiger charge is 2.39. The highest BCUT2D eigenvalue weighted by Crippen LogP contribution is 2.37. The first-order valence-electron chi connectivity index (χ1n) is 7.47. The summed E-state index contributed by atoms with van der Waals surface area (Å²) in [6.07, 6.45) is 1.42. The van der Waals surface area contributed by atoms with Crippen LogP contribution in [0.5, 0.6) is 0 Å². The van der Waals surface area contributed by atoms with Gasteiger partial charge in [-0.15, -0.1) is 0 Å². The largest absolute Gasteiger partial charge is 0.463 e. The Morgan fingerprint density at radius 2 is 1.74 bits per heavy atom. The van der Waals surface area contributed by atoms with E-state index in [0.29, 0.717) is 0 Å². The Bertz CT molecular complexity index is 481. The lowest BCUT2D eigenvalue weighted by atomic mass is 10.2. The van der Waals surface area contributed by atoms with Gasteiger partial charge in [-0.3, -0.25) is 0 Å². The van der Waals surface area contributed by atoms with E-state index in [0.717, 1.165) is 12.2 Å². The molecule has 8 heteroatoms. The summed E-state index contributed by atoms with van der Waals surface area (Å²) in [7, 11) is -2.00. The van der Waals surface area contributed by atoms with Crippen LogP contribution in [-0.4, -0.2) is 38.8 Å². The van der Waals surface area contributed by atoms with E-state index in [9.17, 15) is 9.59 Å². The fourth-order valence-corrected chi connectivity index (χ4v) is 2.57. The average molecular weight is 344 g/mol. The van der Waals surface area contributed by atoms with Crippen molar-refractivity contribution in [2.45, 2.75) is 58.9 Å². The predicted molar refractivity (Wildman–Crippen MR) is 91.2 cm³/mol. The van der Waals surface area contributed by atoms with Gasteiger partial charge in [0.1, 0.15) is 6.10 Å². The maximum absolute atomic E-state index is 11.4. The highest BCUT2D eigenvalue weighted by molar-refractivity contribution is 6.74. The SMILES string of the molecule is CCOC(=O)/C=C/C(=O)O/N=C(\N)[C@@H](C)O[Si](C)(C)C(C)(C)C. The first-order chi connectivity index (χ1) is 10.4. The van der Waals surface area contributed by atoms with Crippen molar-refractivity contribution in [2.75, 3.05) is 6.61 Å². The van der Waals surface area contributed by atoms with Gasteiger partial charge in [0.2, 0.25) is 0 Å². The topological polar surface area (TPSA) is 100 Å². The zero-order valence-electron chi connectivity index (χ0n) is 15.0. The number of oxime groups is 1. The van der Waals surface area contributed by atoms with Crippen LogP contribution in [0, 0.1) is 0 Å². The summed E-state index contributed by atoms with van der Waals surface area (Å²) in [5.74, 6) is -1.38. The minimum atomic E-state index is -2.00. The Balaban J connectivity index is 4.61. The lowest BCUT2D eigenvalue weighted by Crippen LogP contribution is -2.46. The molecular weight excluding hydrogens is 316 g/mol. The number of hydrogen-bond acceptors (Lipinski definition) is 6. The molecule has 0 aliphatic carbocycles. The second-order valence-electron chi connectivity index (χ2n) is 6.53. The molecule has 0 spiro atoms. The van der Waals surface area contributed by atoms with Crippen molar-refractivity contribution < 1.29 is 23.6 Å². The number of esters is 1. The van der Waals surface area contributed by atoms with E-state index in [1.165, 1.54) is 0 Å². The van der Waals surface area contributed by atoms with Crippen molar-refractivity contribution in [2.24, 2.45) is 10.9 Å². The van der Waals surface area contributed by atoms with Crippen molar-refractivity contribution in [3.63, 3.8) is 0 Å². The second kappa shape index (κ2) is 8.83. The van der Waals surface area contributed by atoms with Crippen LogP contribution in [0.1, 0.15) is 34.6 Å². The van der Waals surface area contributed by atoms with Gasteiger partial charge < -0.3 is 19.7 Å². The lowest BCUT2D eigenvalue weighted by Gasteiger charge is -2.38. The van der Waals surface area contributed by atoms with Crippen LogP contribution < -0.4 is 5.73 Å². The molecule has 0 aliphatic heterocycles. The molecule has 0 aliphatic rings. The standard InChI is InChI=1S/C15H28N2O5Si/c1-8-20-12(18)9-10-13(19)21-17-14(16)11(2)22-23(6,7)15(3,4)5/h9-11H,8H2,1-7H3,(H2,16,17)/b10-9+/t11-/m1/s1. The normalized spacial score (nSPS) is 14.7. The fourth-order valence-electron chi connectivity index (χ4n) is 1.21. The van der Waals surface area contributed by atoms with Gasteiger partial charge in [0.05, 0.1) is 6.61 Å². The molecule has 0 saturated carbocycles.